The Bertz CT molecular complexity index is 933. The topological polar surface area (TPSA) is 78.9 Å². The molecule has 0 amide bonds. The summed E-state index contributed by atoms with van der Waals surface area (Å²) in [4.78, 5) is 38.5. The average Bonchev–Trinajstić information content (AvgIpc) is 3.04. The maximum Gasteiger partial charge on any atom is 0.316 e. The number of allylic oxidation sites excluding steroid dienone is 2. The monoisotopic (exact) mass is 460 g/mol. The van der Waals surface area contributed by atoms with Gasteiger partial charge in [0.15, 0.2) is 5.78 Å². The molecule has 184 valence electrons. The van der Waals surface area contributed by atoms with Gasteiger partial charge in [-0.25, -0.2) is 0 Å². The molecule has 4 aliphatic rings. The van der Waals surface area contributed by atoms with Gasteiger partial charge in [-0.15, -0.1) is 0 Å². The van der Waals surface area contributed by atoms with Crippen LogP contribution < -0.4 is 0 Å². The van der Waals surface area contributed by atoms with Crippen LogP contribution in [0, 0.1) is 40.4 Å². The van der Waals surface area contributed by atoms with E-state index >= 15 is 0 Å². The van der Waals surface area contributed by atoms with Crippen LogP contribution in [0.1, 0.15) is 81.1 Å². The van der Waals surface area contributed by atoms with Crippen molar-refractivity contribution in [3.05, 3.63) is 11.3 Å². The first-order chi connectivity index (χ1) is 15.2. The SMILES string of the molecule is COC(=O)[C@@H]1C(=O)C(C)=C2O[C@@]3(C[C@]2(C)[C@H]1C)[C@@H](C)[C@@H](C)CC1C(C)(C)OC(=O)CC[C@@]13C. The molecule has 1 saturated carbocycles. The predicted molar refractivity (Wildman–Crippen MR) is 123 cm³/mol. The first-order valence-electron chi connectivity index (χ1n) is 12.4. The van der Waals surface area contributed by atoms with E-state index in [0.717, 1.165) is 12.2 Å². The van der Waals surface area contributed by atoms with Crippen LogP contribution in [0.25, 0.3) is 0 Å². The van der Waals surface area contributed by atoms with E-state index in [4.69, 9.17) is 14.2 Å². The number of carbonyl (C=O) groups is 3. The van der Waals surface area contributed by atoms with Gasteiger partial charge < -0.3 is 14.2 Å². The molecule has 3 fully saturated rings. The number of rotatable bonds is 1. The fraction of sp³-hybridized carbons (Fsp3) is 0.815. The van der Waals surface area contributed by atoms with Gasteiger partial charge in [-0.1, -0.05) is 34.6 Å². The maximum absolute atomic E-state index is 13.3. The largest absolute Gasteiger partial charge is 0.490 e. The van der Waals surface area contributed by atoms with E-state index in [1.54, 1.807) is 6.92 Å². The molecular weight excluding hydrogens is 420 g/mol. The molecule has 1 spiro atoms. The van der Waals surface area contributed by atoms with Crippen molar-refractivity contribution in [2.24, 2.45) is 40.4 Å². The Balaban J connectivity index is 1.90. The number of ketones is 1. The molecule has 2 aliphatic carbocycles. The normalized spacial score (nSPS) is 46.8. The second-order valence-corrected chi connectivity index (χ2v) is 12.2. The van der Waals surface area contributed by atoms with Gasteiger partial charge in [0.2, 0.25) is 0 Å². The Morgan fingerprint density at radius 3 is 2.27 bits per heavy atom. The van der Waals surface area contributed by atoms with Gasteiger partial charge in [0, 0.05) is 35.2 Å². The highest BCUT2D eigenvalue weighted by Gasteiger charge is 2.72. The smallest absolute Gasteiger partial charge is 0.316 e. The minimum absolute atomic E-state index is 0.120. The number of cyclic esters (lactones) is 1. The first kappa shape index (κ1) is 24.3. The van der Waals surface area contributed by atoms with Crippen LogP contribution in [0.2, 0.25) is 0 Å². The van der Waals surface area contributed by atoms with Crippen LogP contribution >= 0.6 is 0 Å². The highest BCUT2D eigenvalue weighted by molar-refractivity contribution is 6.09. The summed E-state index contributed by atoms with van der Waals surface area (Å²) in [7, 11) is 1.34. The summed E-state index contributed by atoms with van der Waals surface area (Å²) in [6.45, 7) is 16.8. The number of fused-ring (bicyclic) bond motifs is 3. The summed E-state index contributed by atoms with van der Waals surface area (Å²) in [6.07, 6.45) is 2.70. The second-order valence-electron chi connectivity index (χ2n) is 12.2. The maximum atomic E-state index is 13.3. The molecular formula is C27H40O6. The van der Waals surface area contributed by atoms with Crippen LogP contribution in [-0.2, 0) is 28.6 Å². The number of methoxy groups -OCH3 is 1. The molecule has 4 rings (SSSR count). The Morgan fingerprint density at radius 1 is 1.03 bits per heavy atom. The van der Waals surface area contributed by atoms with E-state index in [-0.39, 0.29) is 34.9 Å². The first-order valence-corrected chi connectivity index (χ1v) is 12.4. The summed E-state index contributed by atoms with van der Waals surface area (Å²) >= 11 is 0. The fourth-order valence-electron chi connectivity index (χ4n) is 8.11. The van der Waals surface area contributed by atoms with Crippen molar-refractivity contribution in [2.45, 2.75) is 92.3 Å². The van der Waals surface area contributed by atoms with Crippen molar-refractivity contribution >= 4 is 17.7 Å². The number of ether oxygens (including phenoxy) is 3. The van der Waals surface area contributed by atoms with E-state index < -0.39 is 28.5 Å². The van der Waals surface area contributed by atoms with Crippen molar-refractivity contribution < 1.29 is 28.6 Å². The summed E-state index contributed by atoms with van der Waals surface area (Å²) in [6, 6.07) is 0. The van der Waals surface area contributed by atoms with E-state index in [1.165, 1.54) is 7.11 Å². The molecule has 8 atom stereocenters. The molecule has 0 N–H and O–H groups in total. The average molecular weight is 461 g/mol. The Kier molecular flexibility index (Phi) is 5.39. The van der Waals surface area contributed by atoms with Gasteiger partial charge in [0.05, 0.1) is 7.11 Å². The van der Waals surface area contributed by atoms with Gasteiger partial charge in [-0.3, -0.25) is 14.4 Å². The Labute approximate surface area is 197 Å². The minimum Gasteiger partial charge on any atom is -0.490 e. The lowest BCUT2D eigenvalue weighted by Gasteiger charge is -2.60. The zero-order valence-electron chi connectivity index (χ0n) is 21.7. The van der Waals surface area contributed by atoms with Gasteiger partial charge in [0.1, 0.15) is 22.9 Å². The van der Waals surface area contributed by atoms with Gasteiger partial charge in [0.25, 0.3) is 0 Å². The van der Waals surface area contributed by atoms with Gasteiger partial charge in [-0.2, -0.15) is 0 Å². The van der Waals surface area contributed by atoms with Crippen molar-refractivity contribution in [1.82, 2.24) is 0 Å². The molecule has 6 nitrogen and oxygen atoms in total. The Hall–Kier alpha value is -1.85. The zero-order chi connectivity index (χ0) is 24.7. The van der Waals surface area contributed by atoms with Crippen molar-refractivity contribution in [3.8, 4) is 0 Å². The summed E-state index contributed by atoms with van der Waals surface area (Å²) in [5.74, 6) is -0.483. The molecule has 2 aliphatic heterocycles. The van der Waals surface area contributed by atoms with E-state index in [0.29, 0.717) is 30.8 Å². The van der Waals surface area contributed by atoms with Crippen molar-refractivity contribution in [1.29, 1.82) is 0 Å². The standard InChI is InChI=1S/C27H40O6/c1-14-12-18-24(5,6)32-19(28)10-11-26(18,8)27(16(14)3)13-25(7)17(4)20(23(30)31-9)21(29)15(2)22(25)33-27/h14,16-18,20H,10-13H2,1-9H3/t14-,16-,17-,18?,20-,25+,26-,27-/m0/s1. The molecule has 33 heavy (non-hydrogen) atoms. The molecule has 0 aromatic heterocycles. The lowest BCUT2D eigenvalue weighted by molar-refractivity contribution is -0.215. The molecule has 0 aromatic carbocycles. The molecule has 2 saturated heterocycles. The number of esters is 2. The number of carbonyl (C=O) groups excluding carboxylic acids is 3. The van der Waals surface area contributed by atoms with Crippen LogP contribution in [0.4, 0.5) is 0 Å². The predicted octanol–water partition coefficient (Wildman–Crippen LogP) is 4.85. The van der Waals surface area contributed by atoms with Crippen molar-refractivity contribution in [3.63, 3.8) is 0 Å². The van der Waals surface area contributed by atoms with Crippen LogP contribution in [-0.4, -0.2) is 36.0 Å². The third-order valence-electron chi connectivity index (χ3n) is 10.4. The van der Waals surface area contributed by atoms with Crippen LogP contribution in [0.15, 0.2) is 11.3 Å². The quantitative estimate of drug-likeness (QED) is 0.411. The Morgan fingerprint density at radius 2 is 1.67 bits per heavy atom. The van der Waals surface area contributed by atoms with Crippen LogP contribution in [0.3, 0.4) is 0 Å². The summed E-state index contributed by atoms with van der Waals surface area (Å²) in [5, 5.41) is 0. The number of hydrogen-bond donors (Lipinski definition) is 0. The third-order valence-corrected chi connectivity index (χ3v) is 10.4. The van der Waals surface area contributed by atoms with Crippen LogP contribution in [0.5, 0.6) is 0 Å². The molecule has 0 bridgehead atoms. The lowest BCUT2D eigenvalue weighted by Crippen LogP contribution is -2.63. The lowest BCUT2D eigenvalue weighted by atomic mass is 9.46. The molecule has 2 heterocycles. The van der Waals surface area contributed by atoms with Crippen molar-refractivity contribution in [2.75, 3.05) is 7.11 Å². The molecule has 0 aromatic rings. The number of hydrogen-bond acceptors (Lipinski definition) is 6. The molecule has 6 heteroatoms. The van der Waals surface area contributed by atoms with E-state index in [1.807, 2.05) is 20.8 Å². The fourth-order valence-corrected chi connectivity index (χ4v) is 8.11. The third kappa shape index (κ3) is 3.01. The van der Waals surface area contributed by atoms with E-state index in [2.05, 4.69) is 27.7 Å². The van der Waals surface area contributed by atoms with Gasteiger partial charge in [-0.05, 0) is 51.4 Å². The van der Waals surface area contributed by atoms with E-state index in [9.17, 15) is 14.4 Å². The summed E-state index contributed by atoms with van der Waals surface area (Å²) < 4.78 is 18.1. The number of Topliss-reactive ketones (excluding diaryl/α,β-unsaturated/α-hetero) is 1. The molecule has 0 radical (unpaired) electrons. The zero-order valence-corrected chi connectivity index (χ0v) is 21.7. The minimum atomic E-state index is -0.821. The second kappa shape index (κ2) is 7.32. The highest BCUT2D eigenvalue weighted by Crippen LogP contribution is 2.70. The molecule has 1 unspecified atom stereocenters. The van der Waals surface area contributed by atoms with Gasteiger partial charge >= 0.3 is 11.9 Å². The highest BCUT2D eigenvalue weighted by atomic mass is 16.6. The summed E-state index contributed by atoms with van der Waals surface area (Å²) in [5.41, 5.74) is -1.44.